The molecule has 0 bridgehead atoms. The van der Waals surface area contributed by atoms with Crippen LogP contribution in [0.2, 0.25) is 0 Å². The summed E-state index contributed by atoms with van der Waals surface area (Å²) < 4.78 is 21.8. The molecule has 0 aliphatic carbocycles. The summed E-state index contributed by atoms with van der Waals surface area (Å²) in [7, 11) is -2.59. The van der Waals surface area contributed by atoms with Gasteiger partial charge in [-0.05, 0) is 12.8 Å². The standard InChI is InChI=1S/C7H14O2S/c1-2-3-4-7-5-6-10(7,8)9/h7H,2-6H2,1H3. The van der Waals surface area contributed by atoms with Crippen molar-refractivity contribution in [2.24, 2.45) is 0 Å². The summed E-state index contributed by atoms with van der Waals surface area (Å²) in [6.45, 7) is 2.09. The third-order valence-corrected chi connectivity index (χ3v) is 4.40. The van der Waals surface area contributed by atoms with Crippen molar-refractivity contribution in [2.75, 3.05) is 5.75 Å². The van der Waals surface area contributed by atoms with Crippen molar-refractivity contribution >= 4 is 9.84 Å². The Hall–Kier alpha value is -0.0500. The van der Waals surface area contributed by atoms with Gasteiger partial charge in [-0.1, -0.05) is 19.8 Å². The predicted molar refractivity (Wildman–Crippen MR) is 41.7 cm³/mol. The molecule has 10 heavy (non-hydrogen) atoms. The summed E-state index contributed by atoms with van der Waals surface area (Å²) in [6, 6.07) is 0. The normalized spacial score (nSPS) is 29.5. The zero-order valence-electron chi connectivity index (χ0n) is 6.34. The van der Waals surface area contributed by atoms with Gasteiger partial charge in [0.25, 0.3) is 0 Å². The minimum absolute atomic E-state index is 0.0208. The van der Waals surface area contributed by atoms with Crippen LogP contribution in [0.1, 0.15) is 32.6 Å². The number of hydrogen-bond donors (Lipinski definition) is 0. The average molecular weight is 162 g/mol. The van der Waals surface area contributed by atoms with Gasteiger partial charge in [0.1, 0.15) is 0 Å². The van der Waals surface area contributed by atoms with Crippen molar-refractivity contribution in [1.82, 2.24) is 0 Å². The quantitative estimate of drug-likeness (QED) is 0.628. The molecule has 1 unspecified atom stereocenters. The first-order chi connectivity index (χ1) is 4.67. The van der Waals surface area contributed by atoms with Gasteiger partial charge in [-0.15, -0.1) is 0 Å². The monoisotopic (exact) mass is 162 g/mol. The lowest BCUT2D eigenvalue weighted by molar-refractivity contribution is 0.526. The van der Waals surface area contributed by atoms with E-state index in [4.69, 9.17) is 0 Å². The van der Waals surface area contributed by atoms with E-state index in [1.807, 2.05) is 0 Å². The summed E-state index contributed by atoms with van der Waals surface area (Å²) in [6.07, 6.45) is 3.96. The molecule has 1 atom stereocenters. The highest BCUT2D eigenvalue weighted by molar-refractivity contribution is 7.93. The maximum Gasteiger partial charge on any atom is 0.153 e. The summed E-state index contributed by atoms with van der Waals surface area (Å²) in [5, 5.41) is 0.0208. The Morgan fingerprint density at radius 1 is 1.50 bits per heavy atom. The van der Waals surface area contributed by atoms with Crippen LogP contribution in [0.3, 0.4) is 0 Å². The van der Waals surface area contributed by atoms with E-state index in [9.17, 15) is 8.42 Å². The van der Waals surface area contributed by atoms with Crippen LogP contribution in [-0.4, -0.2) is 19.4 Å². The van der Waals surface area contributed by atoms with Crippen molar-refractivity contribution in [3.05, 3.63) is 0 Å². The van der Waals surface area contributed by atoms with Gasteiger partial charge in [0, 0.05) is 0 Å². The summed E-state index contributed by atoms with van der Waals surface area (Å²) in [5.41, 5.74) is 0. The molecule has 0 radical (unpaired) electrons. The van der Waals surface area contributed by atoms with Gasteiger partial charge in [0.15, 0.2) is 9.84 Å². The van der Waals surface area contributed by atoms with E-state index in [1.165, 1.54) is 0 Å². The first-order valence-electron chi connectivity index (χ1n) is 3.88. The molecular weight excluding hydrogens is 148 g/mol. The molecule has 60 valence electrons. The molecule has 1 rings (SSSR count). The van der Waals surface area contributed by atoms with Crippen LogP contribution in [0, 0.1) is 0 Å². The lowest BCUT2D eigenvalue weighted by Crippen LogP contribution is -2.36. The van der Waals surface area contributed by atoms with Crippen molar-refractivity contribution in [1.29, 1.82) is 0 Å². The van der Waals surface area contributed by atoms with E-state index >= 15 is 0 Å². The van der Waals surface area contributed by atoms with Gasteiger partial charge in [-0.2, -0.15) is 0 Å². The molecule has 0 spiro atoms. The molecule has 2 nitrogen and oxygen atoms in total. The molecule has 0 aromatic carbocycles. The largest absolute Gasteiger partial charge is 0.229 e. The van der Waals surface area contributed by atoms with E-state index < -0.39 is 9.84 Å². The molecule has 0 saturated carbocycles. The van der Waals surface area contributed by atoms with Gasteiger partial charge >= 0.3 is 0 Å². The fraction of sp³-hybridized carbons (Fsp3) is 1.00. The Kier molecular flexibility index (Phi) is 2.34. The molecule has 0 N–H and O–H groups in total. The molecule has 0 amide bonds. The van der Waals surface area contributed by atoms with Crippen molar-refractivity contribution < 1.29 is 8.42 Å². The van der Waals surface area contributed by atoms with Crippen LogP contribution in [0.4, 0.5) is 0 Å². The Balaban J connectivity index is 2.31. The summed E-state index contributed by atoms with van der Waals surface area (Å²) in [4.78, 5) is 0. The van der Waals surface area contributed by atoms with Gasteiger partial charge in [0.2, 0.25) is 0 Å². The van der Waals surface area contributed by atoms with Crippen LogP contribution in [0.15, 0.2) is 0 Å². The third-order valence-electron chi connectivity index (χ3n) is 2.11. The number of sulfone groups is 1. The van der Waals surface area contributed by atoms with Gasteiger partial charge in [0.05, 0.1) is 11.0 Å². The van der Waals surface area contributed by atoms with Crippen LogP contribution < -0.4 is 0 Å². The summed E-state index contributed by atoms with van der Waals surface area (Å²) in [5.74, 6) is 0.432. The lowest BCUT2D eigenvalue weighted by Gasteiger charge is -2.25. The van der Waals surface area contributed by atoms with Crippen molar-refractivity contribution in [3.63, 3.8) is 0 Å². The lowest BCUT2D eigenvalue weighted by atomic mass is 10.1. The Bertz CT molecular complexity index is 194. The molecule has 1 aliphatic rings. The topological polar surface area (TPSA) is 34.1 Å². The Morgan fingerprint density at radius 3 is 2.50 bits per heavy atom. The molecule has 1 heterocycles. The molecule has 1 fully saturated rings. The maximum absolute atomic E-state index is 10.9. The van der Waals surface area contributed by atoms with E-state index in [-0.39, 0.29) is 5.25 Å². The maximum atomic E-state index is 10.9. The second-order valence-corrected chi connectivity index (χ2v) is 5.32. The van der Waals surface area contributed by atoms with Gasteiger partial charge < -0.3 is 0 Å². The minimum Gasteiger partial charge on any atom is -0.229 e. The minimum atomic E-state index is -2.59. The first-order valence-corrected chi connectivity index (χ1v) is 5.60. The highest BCUT2D eigenvalue weighted by atomic mass is 32.2. The van der Waals surface area contributed by atoms with Gasteiger partial charge in [-0.25, -0.2) is 8.42 Å². The predicted octanol–water partition coefficient (Wildman–Crippen LogP) is 1.36. The molecule has 3 heteroatoms. The zero-order chi connectivity index (χ0) is 7.61. The Labute approximate surface area is 62.5 Å². The van der Waals surface area contributed by atoms with E-state index in [0.717, 1.165) is 25.7 Å². The fourth-order valence-corrected chi connectivity index (χ4v) is 2.71. The number of unbranched alkanes of at least 4 members (excludes halogenated alkanes) is 1. The van der Waals surface area contributed by atoms with E-state index in [1.54, 1.807) is 0 Å². The third kappa shape index (κ3) is 1.51. The highest BCUT2D eigenvalue weighted by Crippen LogP contribution is 2.24. The van der Waals surface area contributed by atoms with E-state index in [2.05, 4.69) is 6.92 Å². The van der Waals surface area contributed by atoms with E-state index in [0.29, 0.717) is 5.75 Å². The summed E-state index contributed by atoms with van der Waals surface area (Å²) >= 11 is 0. The Morgan fingerprint density at radius 2 is 2.20 bits per heavy atom. The van der Waals surface area contributed by atoms with Crippen molar-refractivity contribution in [2.45, 2.75) is 37.9 Å². The molecule has 1 saturated heterocycles. The fourth-order valence-electron chi connectivity index (χ4n) is 1.23. The average Bonchev–Trinajstić information content (AvgIpc) is 1.87. The highest BCUT2D eigenvalue weighted by Gasteiger charge is 2.34. The van der Waals surface area contributed by atoms with Crippen molar-refractivity contribution in [3.8, 4) is 0 Å². The smallest absolute Gasteiger partial charge is 0.153 e. The van der Waals surface area contributed by atoms with Gasteiger partial charge in [-0.3, -0.25) is 0 Å². The SMILES string of the molecule is CCCCC1CCS1(=O)=O. The first kappa shape index (κ1) is 8.05. The molecule has 0 aromatic heterocycles. The number of hydrogen-bond acceptors (Lipinski definition) is 2. The number of rotatable bonds is 3. The van der Waals surface area contributed by atoms with Crippen LogP contribution in [0.5, 0.6) is 0 Å². The molecule has 1 aliphatic heterocycles. The zero-order valence-corrected chi connectivity index (χ0v) is 7.15. The second kappa shape index (κ2) is 2.91. The van der Waals surface area contributed by atoms with Crippen LogP contribution in [-0.2, 0) is 9.84 Å². The van der Waals surface area contributed by atoms with Crippen LogP contribution in [0.25, 0.3) is 0 Å². The molecular formula is C7H14O2S. The van der Waals surface area contributed by atoms with Crippen LogP contribution >= 0.6 is 0 Å². The second-order valence-electron chi connectivity index (χ2n) is 2.92. The molecule has 0 aromatic rings.